The first-order chi connectivity index (χ1) is 9.79. The lowest BCUT2D eigenvalue weighted by Gasteiger charge is -2.34. The highest BCUT2D eigenvalue weighted by Crippen LogP contribution is 2.25. The van der Waals surface area contributed by atoms with Gasteiger partial charge < -0.3 is 10.1 Å². The summed E-state index contributed by atoms with van der Waals surface area (Å²) < 4.78 is 32.5. The number of nitrogens with one attached hydrogen (secondary N) is 1. The normalized spacial score (nSPS) is 24.6. The van der Waals surface area contributed by atoms with Crippen LogP contribution in [0.4, 0.5) is 0 Å². The van der Waals surface area contributed by atoms with E-state index in [1.165, 1.54) is 15.6 Å². The third-order valence-corrected chi connectivity index (χ3v) is 6.23. The molecule has 0 saturated carbocycles. The molecule has 5 nitrogen and oxygen atoms in total. The van der Waals surface area contributed by atoms with Crippen molar-refractivity contribution < 1.29 is 13.2 Å². The molecule has 0 bridgehead atoms. The number of rotatable bonds is 5. The lowest BCUT2D eigenvalue weighted by Crippen LogP contribution is -2.47. The van der Waals surface area contributed by atoms with E-state index in [-0.39, 0.29) is 12.2 Å². The van der Waals surface area contributed by atoms with Crippen molar-refractivity contribution in [1.82, 2.24) is 9.62 Å². The van der Waals surface area contributed by atoms with Gasteiger partial charge in [0, 0.05) is 35.9 Å². The summed E-state index contributed by atoms with van der Waals surface area (Å²) in [7, 11) is -3.41. The molecule has 2 heterocycles. The van der Waals surface area contributed by atoms with E-state index < -0.39 is 10.0 Å². The number of ether oxygens (including phenoxy) is 1. The van der Waals surface area contributed by atoms with E-state index in [9.17, 15) is 8.42 Å². The molecular weight excluding hydrogens is 308 g/mol. The highest BCUT2D eigenvalue weighted by molar-refractivity contribution is 7.89. The Morgan fingerprint density at radius 3 is 2.57 bits per heavy atom. The van der Waals surface area contributed by atoms with E-state index in [2.05, 4.69) is 19.2 Å². The van der Waals surface area contributed by atoms with Crippen molar-refractivity contribution in [3.63, 3.8) is 0 Å². The molecule has 0 radical (unpaired) electrons. The number of nitrogens with zero attached hydrogens (tertiary/aromatic N) is 1. The first-order valence-corrected chi connectivity index (χ1v) is 9.57. The van der Waals surface area contributed by atoms with Crippen molar-refractivity contribution in [1.29, 1.82) is 0 Å². The van der Waals surface area contributed by atoms with Crippen LogP contribution in [0.25, 0.3) is 0 Å². The second-order valence-electron chi connectivity index (χ2n) is 5.86. The van der Waals surface area contributed by atoms with E-state index in [0.717, 1.165) is 4.88 Å². The average molecular weight is 332 g/mol. The lowest BCUT2D eigenvalue weighted by molar-refractivity contribution is -0.0440. The molecule has 0 spiro atoms. The topological polar surface area (TPSA) is 58.6 Å². The van der Waals surface area contributed by atoms with Crippen molar-refractivity contribution in [2.24, 2.45) is 0 Å². The summed E-state index contributed by atoms with van der Waals surface area (Å²) in [5, 5.41) is 5.04. The van der Waals surface area contributed by atoms with Crippen LogP contribution >= 0.6 is 11.3 Å². The SMILES string of the molecule is CC(C)NCc1cc(S(=O)(=O)N2C[C@@H](C)O[C@@H](C)C2)cs1. The highest BCUT2D eigenvalue weighted by atomic mass is 32.2. The third kappa shape index (κ3) is 4.26. The van der Waals surface area contributed by atoms with Gasteiger partial charge in [0.1, 0.15) is 0 Å². The molecule has 1 fully saturated rings. The Labute approximate surface area is 131 Å². The van der Waals surface area contributed by atoms with Crippen LogP contribution in [-0.4, -0.2) is 44.1 Å². The standard InChI is InChI=1S/C14H24N2O3S2/c1-10(2)15-6-13-5-14(9-20-13)21(17,18)16-7-11(3)19-12(4)8-16/h5,9-12,15H,6-8H2,1-4H3/t11-,12+. The van der Waals surface area contributed by atoms with Gasteiger partial charge in [-0.25, -0.2) is 8.42 Å². The fourth-order valence-electron chi connectivity index (χ4n) is 2.37. The Kier molecular flexibility index (Phi) is 5.43. The van der Waals surface area contributed by atoms with Gasteiger partial charge in [-0.1, -0.05) is 13.8 Å². The number of hydrogen-bond acceptors (Lipinski definition) is 5. The zero-order valence-corrected chi connectivity index (χ0v) is 14.6. The van der Waals surface area contributed by atoms with Gasteiger partial charge in [0.05, 0.1) is 17.1 Å². The van der Waals surface area contributed by atoms with Crippen LogP contribution in [0.15, 0.2) is 16.3 Å². The second kappa shape index (κ2) is 6.75. The molecular formula is C14H24N2O3S2. The predicted molar refractivity (Wildman–Crippen MR) is 85.1 cm³/mol. The Hall–Kier alpha value is -0.470. The molecule has 0 aliphatic carbocycles. The molecule has 120 valence electrons. The summed E-state index contributed by atoms with van der Waals surface area (Å²) in [5.74, 6) is 0. The summed E-state index contributed by atoms with van der Waals surface area (Å²) in [6, 6.07) is 2.16. The van der Waals surface area contributed by atoms with Gasteiger partial charge in [-0.15, -0.1) is 11.3 Å². The maximum Gasteiger partial charge on any atom is 0.244 e. The van der Waals surface area contributed by atoms with E-state index in [0.29, 0.717) is 30.6 Å². The molecule has 1 N–H and O–H groups in total. The van der Waals surface area contributed by atoms with Gasteiger partial charge in [0.15, 0.2) is 0 Å². The number of sulfonamides is 1. The molecule has 0 unspecified atom stereocenters. The summed E-state index contributed by atoms with van der Waals surface area (Å²) in [6.07, 6.45) is -0.131. The van der Waals surface area contributed by atoms with Crippen molar-refractivity contribution in [3.8, 4) is 0 Å². The molecule has 1 aliphatic heterocycles. The molecule has 2 atom stereocenters. The smallest absolute Gasteiger partial charge is 0.244 e. The van der Waals surface area contributed by atoms with Gasteiger partial charge in [0.25, 0.3) is 0 Å². The third-order valence-electron chi connectivity index (χ3n) is 3.34. The molecule has 7 heteroatoms. The Morgan fingerprint density at radius 1 is 1.38 bits per heavy atom. The van der Waals surface area contributed by atoms with Gasteiger partial charge in [-0.05, 0) is 19.9 Å². The van der Waals surface area contributed by atoms with Crippen LogP contribution < -0.4 is 5.32 Å². The first kappa shape index (κ1) is 16.9. The number of thiophene rings is 1. The summed E-state index contributed by atoms with van der Waals surface area (Å²) in [5.41, 5.74) is 0. The zero-order valence-electron chi connectivity index (χ0n) is 13.0. The van der Waals surface area contributed by atoms with Crippen LogP contribution in [-0.2, 0) is 21.3 Å². The molecule has 1 aliphatic rings. The summed E-state index contributed by atoms with van der Waals surface area (Å²) in [6.45, 7) is 9.50. The lowest BCUT2D eigenvalue weighted by atomic mass is 10.3. The van der Waals surface area contributed by atoms with Crippen LogP contribution in [0.2, 0.25) is 0 Å². The average Bonchev–Trinajstić information content (AvgIpc) is 2.84. The van der Waals surface area contributed by atoms with Gasteiger partial charge in [0.2, 0.25) is 10.0 Å². The molecule has 2 rings (SSSR count). The summed E-state index contributed by atoms with van der Waals surface area (Å²) in [4.78, 5) is 1.44. The van der Waals surface area contributed by atoms with E-state index in [1.807, 2.05) is 13.8 Å². The van der Waals surface area contributed by atoms with Crippen molar-refractivity contribution in [3.05, 3.63) is 16.3 Å². The molecule has 1 aromatic heterocycles. The monoisotopic (exact) mass is 332 g/mol. The van der Waals surface area contributed by atoms with Crippen molar-refractivity contribution in [2.75, 3.05) is 13.1 Å². The van der Waals surface area contributed by atoms with E-state index in [4.69, 9.17) is 4.74 Å². The van der Waals surface area contributed by atoms with E-state index >= 15 is 0 Å². The van der Waals surface area contributed by atoms with Gasteiger partial charge >= 0.3 is 0 Å². The number of morpholine rings is 1. The zero-order chi connectivity index (χ0) is 15.6. The van der Waals surface area contributed by atoms with E-state index in [1.54, 1.807) is 11.4 Å². The van der Waals surface area contributed by atoms with Crippen LogP contribution in [0, 0.1) is 0 Å². The van der Waals surface area contributed by atoms with Crippen LogP contribution in [0.3, 0.4) is 0 Å². The van der Waals surface area contributed by atoms with Gasteiger partial charge in [-0.2, -0.15) is 4.31 Å². The minimum absolute atomic E-state index is 0.0655. The molecule has 0 aromatic carbocycles. The molecule has 21 heavy (non-hydrogen) atoms. The quantitative estimate of drug-likeness (QED) is 0.896. The maximum absolute atomic E-state index is 12.7. The predicted octanol–water partition coefficient (Wildman–Crippen LogP) is 2.04. The number of hydrogen-bond donors (Lipinski definition) is 1. The summed E-state index contributed by atoms with van der Waals surface area (Å²) >= 11 is 1.48. The Morgan fingerprint density at radius 2 is 2.00 bits per heavy atom. The Balaban J connectivity index is 2.12. The fourth-order valence-corrected chi connectivity index (χ4v) is 5.17. The largest absolute Gasteiger partial charge is 0.373 e. The second-order valence-corrected chi connectivity index (χ2v) is 8.80. The van der Waals surface area contributed by atoms with Crippen molar-refractivity contribution in [2.45, 2.75) is 57.4 Å². The van der Waals surface area contributed by atoms with Gasteiger partial charge in [-0.3, -0.25) is 0 Å². The minimum Gasteiger partial charge on any atom is -0.373 e. The molecule has 1 aromatic rings. The fraction of sp³-hybridized carbons (Fsp3) is 0.714. The minimum atomic E-state index is -3.41. The molecule has 0 amide bonds. The van der Waals surface area contributed by atoms with Crippen LogP contribution in [0.1, 0.15) is 32.6 Å². The maximum atomic E-state index is 12.7. The van der Waals surface area contributed by atoms with Crippen molar-refractivity contribution >= 4 is 21.4 Å². The highest BCUT2D eigenvalue weighted by Gasteiger charge is 2.32. The first-order valence-electron chi connectivity index (χ1n) is 7.25. The Bertz CT molecular complexity index is 559. The van der Waals surface area contributed by atoms with Crippen LogP contribution in [0.5, 0.6) is 0 Å². The molecule has 1 saturated heterocycles.